The molecule has 0 bridgehead atoms. The molecular formula is C4H6F2NO2. The summed E-state index contributed by atoms with van der Waals surface area (Å²) in [4.78, 5) is 10.1. The number of ether oxygens (including phenoxy) is 1. The molecule has 0 aliphatic rings. The third kappa shape index (κ3) is 5.16. The van der Waals surface area contributed by atoms with Gasteiger partial charge in [-0.2, -0.15) is 8.78 Å². The zero-order chi connectivity index (χ0) is 7.28. The maximum Gasteiger partial charge on any atom is 0.345 e. The minimum Gasteiger partial charge on any atom is -0.352 e. The molecule has 0 saturated heterocycles. The van der Waals surface area contributed by atoms with Crippen LogP contribution in [-0.2, 0) is 9.53 Å². The maximum absolute atomic E-state index is 11.1. The first kappa shape index (κ1) is 8.29. The van der Waals surface area contributed by atoms with E-state index in [1.54, 1.807) is 0 Å². The summed E-state index contributed by atoms with van der Waals surface area (Å²) in [5.41, 5.74) is 0. The molecule has 53 valence electrons. The summed E-state index contributed by atoms with van der Waals surface area (Å²) < 4.78 is 25.8. The van der Waals surface area contributed by atoms with Crippen molar-refractivity contribution in [3.63, 3.8) is 0 Å². The number of alkyl halides is 2. The Labute approximate surface area is 51.0 Å². The molecule has 0 rings (SSSR count). The molecule has 3 nitrogen and oxygen atoms in total. The van der Waals surface area contributed by atoms with Crippen LogP contribution in [0.25, 0.3) is 0 Å². The molecule has 0 spiro atoms. The Hall–Kier alpha value is -0.710. The van der Waals surface area contributed by atoms with E-state index in [1.165, 1.54) is 0 Å². The summed E-state index contributed by atoms with van der Waals surface area (Å²) in [6.07, 6.45) is 0. The lowest BCUT2D eigenvalue weighted by molar-refractivity contribution is -0.151. The molecule has 0 fully saturated rings. The number of carbonyl (C=O) groups is 1. The van der Waals surface area contributed by atoms with E-state index < -0.39 is 19.1 Å². The van der Waals surface area contributed by atoms with Gasteiger partial charge in [0.05, 0.1) is 0 Å². The lowest BCUT2D eigenvalue weighted by atomic mass is 10.7. The van der Waals surface area contributed by atoms with Gasteiger partial charge in [-0.15, -0.1) is 0 Å². The fourth-order valence-corrected chi connectivity index (χ4v) is 0.190. The van der Waals surface area contributed by atoms with Crippen molar-refractivity contribution in [2.24, 2.45) is 0 Å². The fraction of sp³-hybridized carbons (Fsp3) is 0.500. The van der Waals surface area contributed by atoms with Gasteiger partial charge in [0.1, 0.15) is 6.61 Å². The van der Waals surface area contributed by atoms with E-state index in [-0.39, 0.29) is 0 Å². The third-order valence-electron chi connectivity index (χ3n) is 0.538. The SMILES string of the molecule is [CH2]NC(=O)COC(F)F. The molecule has 1 amide bonds. The normalized spacial score (nSPS) is 9.78. The molecule has 0 aliphatic carbocycles. The highest BCUT2D eigenvalue weighted by molar-refractivity contribution is 5.77. The zero-order valence-corrected chi connectivity index (χ0v) is 4.56. The van der Waals surface area contributed by atoms with Crippen molar-refractivity contribution in [1.82, 2.24) is 5.32 Å². The predicted octanol–water partition coefficient (Wildman–Crippen LogP) is 0.133. The highest BCUT2D eigenvalue weighted by Crippen LogP contribution is 1.92. The molecule has 1 N–H and O–H groups in total. The first-order valence-electron chi connectivity index (χ1n) is 2.12. The van der Waals surface area contributed by atoms with Gasteiger partial charge in [0.15, 0.2) is 0 Å². The molecule has 0 saturated carbocycles. The molecule has 5 heteroatoms. The van der Waals surface area contributed by atoms with Crippen LogP contribution in [-0.4, -0.2) is 19.1 Å². The van der Waals surface area contributed by atoms with E-state index in [0.29, 0.717) is 0 Å². The van der Waals surface area contributed by atoms with Crippen LogP contribution in [0.4, 0.5) is 8.78 Å². The van der Waals surface area contributed by atoms with Gasteiger partial charge in [-0.1, -0.05) is 0 Å². The van der Waals surface area contributed by atoms with Crippen molar-refractivity contribution in [2.45, 2.75) is 6.61 Å². The van der Waals surface area contributed by atoms with Crippen LogP contribution in [0.15, 0.2) is 0 Å². The maximum atomic E-state index is 11.1. The highest BCUT2D eigenvalue weighted by Gasteiger charge is 2.04. The number of halogens is 2. The van der Waals surface area contributed by atoms with E-state index in [1.807, 2.05) is 5.32 Å². The Morgan fingerprint density at radius 2 is 2.33 bits per heavy atom. The fourth-order valence-electron chi connectivity index (χ4n) is 0.190. The van der Waals surface area contributed by atoms with E-state index in [9.17, 15) is 13.6 Å². The number of nitrogens with one attached hydrogen (secondary N) is 1. The predicted molar refractivity (Wildman–Crippen MR) is 25.5 cm³/mol. The second-order valence-corrected chi connectivity index (χ2v) is 1.17. The second kappa shape index (κ2) is 4.20. The van der Waals surface area contributed by atoms with Crippen LogP contribution >= 0.6 is 0 Å². The van der Waals surface area contributed by atoms with Gasteiger partial charge in [-0.3, -0.25) is 4.79 Å². The third-order valence-corrected chi connectivity index (χ3v) is 0.538. The smallest absolute Gasteiger partial charge is 0.345 e. The Balaban J connectivity index is 3.17. The van der Waals surface area contributed by atoms with Crippen molar-refractivity contribution < 1.29 is 18.3 Å². The molecule has 0 aromatic heterocycles. The molecule has 9 heavy (non-hydrogen) atoms. The molecule has 0 aromatic rings. The second-order valence-electron chi connectivity index (χ2n) is 1.17. The van der Waals surface area contributed by atoms with Gasteiger partial charge in [-0.05, 0) is 0 Å². The Bertz CT molecular complexity index is 96.6. The van der Waals surface area contributed by atoms with Gasteiger partial charge < -0.3 is 10.1 Å². The summed E-state index contributed by atoms with van der Waals surface area (Å²) in [5, 5.41) is 1.87. The molecule has 0 unspecified atom stereocenters. The van der Waals surface area contributed by atoms with E-state index >= 15 is 0 Å². The molecule has 0 aromatic carbocycles. The summed E-state index contributed by atoms with van der Waals surface area (Å²) in [6, 6.07) is 0. The van der Waals surface area contributed by atoms with Crippen molar-refractivity contribution in [3.05, 3.63) is 7.05 Å². The standard InChI is InChI=1S/C4H6F2NO2/c1-7-3(8)2-9-4(5)6/h4H,1-2H2,(H,7,8). The largest absolute Gasteiger partial charge is 0.352 e. The van der Waals surface area contributed by atoms with Gasteiger partial charge in [0, 0.05) is 7.05 Å². The van der Waals surface area contributed by atoms with Crippen LogP contribution in [0.2, 0.25) is 0 Å². The molecule has 0 heterocycles. The van der Waals surface area contributed by atoms with E-state index in [0.717, 1.165) is 0 Å². The van der Waals surface area contributed by atoms with Gasteiger partial charge >= 0.3 is 6.61 Å². The molecular weight excluding hydrogens is 132 g/mol. The Morgan fingerprint density at radius 1 is 1.78 bits per heavy atom. The summed E-state index contributed by atoms with van der Waals surface area (Å²) in [7, 11) is 2.94. The number of hydrogen-bond donors (Lipinski definition) is 1. The van der Waals surface area contributed by atoms with Gasteiger partial charge in [-0.25, -0.2) is 0 Å². The van der Waals surface area contributed by atoms with Crippen LogP contribution in [0.3, 0.4) is 0 Å². The average molecular weight is 138 g/mol. The first-order valence-corrected chi connectivity index (χ1v) is 2.12. The highest BCUT2D eigenvalue weighted by atomic mass is 19.3. The summed E-state index contributed by atoms with van der Waals surface area (Å²) in [6.45, 7) is -3.55. The van der Waals surface area contributed by atoms with Gasteiger partial charge in [0.25, 0.3) is 0 Å². The average Bonchev–Trinajstić information content (AvgIpc) is 1.83. The number of carbonyl (C=O) groups excluding carboxylic acids is 1. The topological polar surface area (TPSA) is 38.3 Å². The number of amides is 1. The zero-order valence-electron chi connectivity index (χ0n) is 4.56. The minimum absolute atomic E-state index is 0.652. The number of rotatable bonds is 3. The Kier molecular flexibility index (Phi) is 3.87. The lowest BCUT2D eigenvalue weighted by Crippen LogP contribution is -2.22. The van der Waals surface area contributed by atoms with Crippen molar-refractivity contribution in [2.75, 3.05) is 6.61 Å². The molecule has 0 atom stereocenters. The van der Waals surface area contributed by atoms with Crippen LogP contribution in [0, 0.1) is 7.05 Å². The molecule has 1 radical (unpaired) electrons. The van der Waals surface area contributed by atoms with Crippen LogP contribution in [0.5, 0.6) is 0 Å². The number of hydrogen-bond acceptors (Lipinski definition) is 2. The van der Waals surface area contributed by atoms with Crippen molar-refractivity contribution >= 4 is 5.91 Å². The summed E-state index contributed by atoms with van der Waals surface area (Å²) >= 11 is 0. The van der Waals surface area contributed by atoms with Crippen LogP contribution < -0.4 is 5.32 Å². The Morgan fingerprint density at radius 3 is 2.67 bits per heavy atom. The lowest BCUT2D eigenvalue weighted by Gasteiger charge is -1.98. The minimum atomic E-state index is -2.90. The van der Waals surface area contributed by atoms with Crippen molar-refractivity contribution in [1.29, 1.82) is 0 Å². The van der Waals surface area contributed by atoms with E-state index in [2.05, 4.69) is 11.8 Å². The van der Waals surface area contributed by atoms with E-state index in [4.69, 9.17) is 0 Å². The first-order chi connectivity index (χ1) is 4.16. The van der Waals surface area contributed by atoms with Crippen LogP contribution in [0.1, 0.15) is 0 Å². The quantitative estimate of drug-likeness (QED) is 0.602. The monoisotopic (exact) mass is 138 g/mol. The van der Waals surface area contributed by atoms with Crippen molar-refractivity contribution in [3.8, 4) is 0 Å². The molecule has 0 aliphatic heterocycles. The van der Waals surface area contributed by atoms with Gasteiger partial charge in [0.2, 0.25) is 5.91 Å². The summed E-state index contributed by atoms with van der Waals surface area (Å²) in [5.74, 6) is -0.671.